The zero-order valence-corrected chi connectivity index (χ0v) is 11.7. The topological polar surface area (TPSA) is 55.8 Å². The number of likely N-dealkylation sites (N-methyl/N-ethyl adjacent to an activating group) is 1. The molecule has 0 bridgehead atoms. The quantitative estimate of drug-likeness (QED) is 0.563. The second-order valence-corrected chi connectivity index (χ2v) is 4.16. The highest BCUT2D eigenvalue weighted by atomic mass is 16.6. The monoisotopic (exact) mass is 277 g/mol. The van der Waals surface area contributed by atoms with Crippen LogP contribution in [-0.2, 0) is 19.1 Å². The van der Waals surface area contributed by atoms with Crippen molar-refractivity contribution < 1.29 is 19.1 Å². The number of hydrogen-bond donors (Lipinski definition) is 0. The smallest absolute Gasteiger partial charge is 0.335 e. The number of amides is 1. The molecule has 1 aromatic rings. The predicted molar refractivity (Wildman–Crippen MR) is 76.4 cm³/mol. The van der Waals surface area contributed by atoms with Gasteiger partial charge < -0.3 is 14.4 Å². The summed E-state index contributed by atoms with van der Waals surface area (Å²) in [6.45, 7) is 5.00. The van der Waals surface area contributed by atoms with E-state index in [1.165, 1.54) is 11.0 Å². The van der Waals surface area contributed by atoms with Crippen LogP contribution < -0.4 is 4.90 Å². The number of carbonyl (C=O) groups is 2. The van der Waals surface area contributed by atoms with Crippen molar-refractivity contribution in [1.29, 1.82) is 0 Å². The second kappa shape index (κ2) is 8.12. The van der Waals surface area contributed by atoms with E-state index in [2.05, 4.69) is 6.58 Å². The number of esters is 1. The first kappa shape index (κ1) is 15.9. The molecule has 0 fully saturated rings. The number of rotatable bonds is 7. The summed E-state index contributed by atoms with van der Waals surface area (Å²) < 4.78 is 10.0. The first-order chi connectivity index (χ1) is 9.56. The molecule has 1 aromatic carbocycles. The standard InChI is InChI=1S/C15H19NO4/c1-4-10-19-12(2)15(18)20-11-14(17)16(3)13-8-6-5-7-9-13/h4-9,12H,1,10-11H2,2-3H3. The molecule has 0 saturated carbocycles. The number of anilines is 1. The summed E-state index contributed by atoms with van der Waals surface area (Å²) in [5.41, 5.74) is 0.740. The van der Waals surface area contributed by atoms with Crippen molar-refractivity contribution in [2.24, 2.45) is 0 Å². The molecule has 0 aliphatic heterocycles. The number of ether oxygens (including phenoxy) is 2. The van der Waals surface area contributed by atoms with Gasteiger partial charge in [0.2, 0.25) is 0 Å². The average molecular weight is 277 g/mol. The van der Waals surface area contributed by atoms with Crippen molar-refractivity contribution in [3.63, 3.8) is 0 Å². The fourth-order valence-electron chi connectivity index (χ4n) is 1.42. The Labute approximate surface area is 118 Å². The Hall–Kier alpha value is -2.14. The molecule has 20 heavy (non-hydrogen) atoms. The lowest BCUT2D eigenvalue weighted by Crippen LogP contribution is -2.33. The van der Waals surface area contributed by atoms with Gasteiger partial charge in [0.05, 0.1) is 6.61 Å². The second-order valence-electron chi connectivity index (χ2n) is 4.16. The first-order valence-corrected chi connectivity index (χ1v) is 6.27. The van der Waals surface area contributed by atoms with Crippen LogP contribution in [0.1, 0.15) is 6.92 Å². The maximum Gasteiger partial charge on any atom is 0.335 e. The van der Waals surface area contributed by atoms with Crippen LogP contribution in [0.5, 0.6) is 0 Å². The Morgan fingerprint density at radius 1 is 1.35 bits per heavy atom. The maximum absolute atomic E-state index is 11.9. The molecule has 0 aliphatic rings. The molecule has 0 aliphatic carbocycles. The Balaban J connectivity index is 2.43. The molecule has 0 radical (unpaired) electrons. The summed E-state index contributed by atoms with van der Waals surface area (Å²) in [4.78, 5) is 24.9. The molecule has 5 heteroatoms. The molecule has 0 spiro atoms. The molecule has 0 N–H and O–H groups in total. The van der Waals surface area contributed by atoms with Crippen LogP contribution in [0.3, 0.4) is 0 Å². The van der Waals surface area contributed by atoms with E-state index in [0.29, 0.717) is 0 Å². The normalized spacial score (nSPS) is 11.5. The Morgan fingerprint density at radius 3 is 2.60 bits per heavy atom. The van der Waals surface area contributed by atoms with Gasteiger partial charge in [-0.05, 0) is 19.1 Å². The minimum absolute atomic E-state index is 0.258. The highest BCUT2D eigenvalue weighted by molar-refractivity contribution is 5.94. The predicted octanol–water partition coefficient (Wildman–Crippen LogP) is 1.78. The van der Waals surface area contributed by atoms with Gasteiger partial charge in [-0.3, -0.25) is 4.79 Å². The van der Waals surface area contributed by atoms with Gasteiger partial charge in [0.15, 0.2) is 12.7 Å². The van der Waals surface area contributed by atoms with Crippen LogP contribution in [0, 0.1) is 0 Å². The van der Waals surface area contributed by atoms with E-state index < -0.39 is 12.1 Å². The maximum atomic E-state index is 11.9. The molecule has 108 valence electrons. The number of carbonyl (C=O) groups excluding carboxylic acids is 2. The van der Waals surface area contributed by atoms with Crippen LogP contribution >= 0.6 is 0 Å². The summed E-state index contributed by atoms with van der Waals surface area (Å²) in [6, 6.07) is 9.12. The van der Waals surface area contributed by atoms with Gasteiger partial charge in [-0.15, -0.1) is 6.58 Å². The molecule has 5 nitrogen and oxygen atoms in total. The number of benzene rings is 1. The van der Waals surface area contributed by atoms with E-state index in [9.17, 15) is 9.59 Å². The van der Waals surface area contributed by atoms with Crippen LogP contribution in [0.25, 0.3) is 0 Å². The SMILES string of the molecule is C=CCOC(C)C(=O)OCC(=O)N(C)c1ccccc1. The van der Waals surface area contributed by atoms with E-state index >= 15 is 0 Å². The van der Waals surface area contributed by atoms with Crippen molar-refractivity contribution >= 4 is 17.6 Å². The molecule has 0 saturated heterocycles. The molecule has 1 amide bonds. The van der Waals surface area contributed by atoms with Gasteiger partial charge in [0, 0.05) is 12.7 Å². The average Bonchev–Trinajstić information content (AvgIpc) is 2.49. The van der Waals surface area contributed by atoms with Crippen LogP contribution in [0.4, 0.5) is 5.69 Å². The Morgan fingerprint density at radius 2 is 2.00 bits per heavy atom. The number of para-hydroxylation sites is 1. The lowest BCUT2D eigenvalue weighted by molar-refractivity contribution is -0.157. The first-order valence-electron chi connectivity index (χ1n) is 6.27. The molecule has 1 rings (SSSR count). The lowest BCUT2D eigenvalue weighted by Gasteiger charge is -2.18. The van der Waals surface area contributed by atoms with Gasteiger partial charge in [-0.2, -0.15) is 0 Å². The molecule has 1 atom stereocenters. The van der Waals surface area contributed by atoms with Crippen molar-refractivity contribution in [2.45, 2.75) is 13.0 Å². The summed E-state index contributed by atoms with van der Waals surface area (Å²) in [6.07, 6.45) is 0.820. The Bertz CT molecular complexity index is 458. The third kappa shape index (κ3) is 4.85. The molecule has 0 aromatic heterocycles. The van der Waals surface area contributed by atoms with Crippen LogP contribution in [-0.4, -0.2) is 38.2 Å². The third-order valence-electron chi connectivity index (χ3n) is 2.65. The minimum atomic E-state index is -0.720. The molecular weight excluding hydrogens is 258 g/mol. The molecule has 1 unspecified atom stereocenters. The lowest BCUT2D eigenvalue weighted by atomic mass is 10.3. The minimum Gasteiger partial charge on any atom is -0.454 e. The summed E-state index contributed by atoms with van der Waals surface area (Å²) >= 11 is 0. The van der Waals surface area contributed by atoms with Crippen molar-refractivity contribution in [3.8, 4) is 0 Å². The van der Waals surface area contributed by atoms with Crippen LogP contribution in [0.2, 0.25) is 0 Å². The molecule has 0 heterocycles. The zero-order chi connectivity index (χ0) is 15.0. The zero-order valence-electron chi connectivity index (χ0n) is 11.7. The van der Waals surface area contributed by atoms with Crippen molar-refractivity contribution in [2.75, 3.05) is 25.2 Å². The largest absolute Gasteiger partial charge is 0.454 e. The van der Waals surface area contributed by atoms with Gasteiger partial charge >= 0.3 is 5.97 Å². The fourth-order valence-corrected chi connectivity index (χ4v) is 1.42. The van der Waals surface area contributed by atoms with Crippen molar-refractivity contribution in [3.05, 3.63) is 43.0 Å². The Kier molecular flexibility index (Phi) is 6.46. The summed E-state index contributed by atoms with van der Waals surface area (Å²) in [5, 5.41) is 0. The molecular formula is C15H19NO4. The highest BCUT2D eigenvalue weighted by Gasteiger charge is 2.18. The van der Waals surface area contributed by atoms with E-state index in [-0.39, 0.29) is 19.1 Å². The van der Waals surface area contributed by atoms with Crippen LogP contribution in [0.15, 0.2) is 43.0 Å². The third-order valence-corrected chi connectivity index (χ3v) is 2.65. The summed E-state index contributed by atoms with van der Waals surface area (Å²) in [7, 11) is 1.63. The van der Waals surface area contributed by atoms with Gasteiger partial charge in [-0.25, -0.2) is 4.79 Å². The van der Waals surface area contributed by atoms with Crippen molar-refractivity contribution in [1.82, 2.24) is 0 Å². The van der Waals surface area contributed by atoms with E-state index in [4.69, 9.17) is 9.47 Å². The van der Waals surface area contributed by atoms with E-state index in [0.717, 1.165) is 5.69 Å². The van der Waals surface area contributed by atoms with E-state index in [1.807, 2.05) is 18.2 Å². The summed E-state index contributed by atoms with van der Waals surface area (Å²) in [5.74, 6) is -0.873. The van der Waals surface area contributed by atoms with Gasteiger partial charge in [0.25, 0.3) is 5.91 Å². The van der Waals surface area contributed by atoms with Gasteiger partial charge in [0.1, 0.15) is 0 Å². The van der Waals surface area contributed by atoms with Gasteiger partial charge in [-0.1, -0.05) is 24.3 Å². The number of hydrogen-bond acceptors (Lipinski definition) is 4. The van der Waals surface area contributed by atoms with E-state index in [1.54, 1.807) is 26.1 Å². The highest BCUT2D eigenvalue weighted by Crippen LogP contribution is 2.11. The number of nitrogens with zero attached hydrogens (tertiary/aromatic N) is 1. The fraction of sp³-hybridized carbons (Fsp3) is 0.333.